The average Bonchev–Trinajstić information content (AvgIpc) is 3.02. The number of rotatable bonds is 2. The molecule has 2 aromatic rings. The SMILES string of the molecule is O=C1NC(c2ccco2)=N/C1=C\c1ccccc1Br. The highest BCUT2D eigenvalue weighted by molar-refractivity contribution is 9.10. The minimum absolute atomic E-state index is 0.234. The molecule has 0 unspecified atom stereocenters. The van der Waals surface area contributed by atoms with Gasteiger partial charge < -0.3 is 9.73 Å². The highest BCUT2D eigenvalue weighted by Crippen LogP contribution is 2.21. The second-order valence-electron chi connectivity index (χ2n) is 3.94. The molecule has 94 valence electrons. The van der Waals surface area contributed by atoms with Crippen LogP contribution in [-0.4, -0.2) is 11.7 Å². The minimum atomic E-state index is -0.234. The standard InChI is InChI=1S/C14H9BrN2O2/c15-10-5-2-1-4-9(10)8-11-14(18)17-13(16-11)12-6-3-7-19-12/h1-8H,(H,16,17,18)/b11-8-. The van der Waals surface area contributed by atoms with Crippen molar-refractivity contribution in [3.63, 3.8) is 0 Å². The predicted molar refractivity (Wildman–Crippen MR) is 75.5 cm³/mol. The van der Waals surface area contributed by atoms with Crippen molar-refractivity contribution in [2.75, 3.05) is 0 Å². The fraction of sp³-hybridized carbons (Fsp3) is 0. The number of hydrogen-bond acceptors (Lipinski definition) is 3. The van der Waals surface area contributed by atoms with E-state index in [1.807, 2.05) is 24.3 Å². The predicted octanol–water partition coefficient (Wildman–Crippen LogP) is 2.96. The van der Waals surface area contributed by atoms with Crippen molar-refractivity contribution >= 4 is 33.7 Å². The first-order chi connectivity index (χ1) is 9.24. The monoisotopic (exact) mass is 316 g/mol. The molecule has 0 fully saturated rings. The number of aliphatic imine (C=N–C) groups is 1. The lowest BCUT2D eigenvalue weighted by Crippen LogP contribution is -2.24. The Labute approximate surface area is 118 Å². The maximum Gasteiger partial charge on any atom is 0.275 e. The van der Waals surface area contributed by atoms with Crippen molar-refractivity contribution in [3.8, 4) is 0 Å². The molecule has 3 rings (SSSR count). The smallest absolute Gasteiger partial charge is 0.275 e. The molecule has 0 spiro atoms. The van der Waals surface area contributed by atoms with Crippen LogP contribution in [0.3, 0.4) is 0 Å². The second kappa shape index (κ2) is 4.85. The Kier molecular flexibility index (Phi) is 3.05. The van der Waals surface area contributed by atoms with Gasteiger partial charge in [-0.25, -0.2) is 4.99 Å². The van der Waals surface area contributed by atoms with Gasteiger partial charge in [-0.05, 0) is 29.8 Å². The maximum atomic E-state index is 11.8. The van der Waals surface area contributed by atoms with E-state index in [9.17, 15) is 4.79 Å². The Morgan fingerprint density at radius 2 is 2.05 bits per heavy atom. The second-order valence-corrected chi connectivity index (χ2v) is 4.80. The van der Waals surface area contributed by atoms with E-state index in [1.165, 1.54) is 0 Å². The lowest BCUT2D eigenvalue weighted by molar-refractivity contribution is -0.115. The molecule has 0 aliphatic carbocycles. The van der Waals surface area contributed by atoms with E-state index in [1.54, 1.807) is 24.5 Å². The molecule has 0 radical (unpaired) electrons. The Morgan fingerprint density at radius 3 is 2.79 bits per heavy atom. The van der Waals surface area contributed by atoms with E-state index in [2.05, 4.69) is 26.2 Å². The van der Waals surface area contributed by atoms with Crippen LogP contribution < -0.4 is 5.32 Å². The summed E-state index contributed by atoms with van der Waals surface area (Å²) in [6.45, 7) is 0. The Hall–Kier alpha value is -2.14. The first kappa shape index (κ1) is 11.9. The largest absolute Gasteiger partial charge is 0.461 e. The number of amidine groups is 1. The molecule has 1 aromatic carbocycles. The van der Waals surface area contributed by atoms with Crippen LogP contribution >= 0.6 is 15.9 Å². The van der Waals surface area contributed by atoms with Gasteiger partial charge in [0, 0.05) is 4.47 Å². The zero-order valence-electron chi connectivity index (χ0n) is 9.76. The van der Waals surface area contributed by atoms with Gasteiger partial charge in [-0.2, -0.15) is 0 Å². The molecule has 1 aliphatic rings. The molecule has 5 heteroatoms. The van der Waals surface area contributed by atoms with E-state index in [0.29, 0.717) is 17.3 Å². The van der Waals surface area contributed by atoms with Crippen molar-refractivity contribution in [2.45, 2.75) is 0 Å². The molecule has 4 nitrogen and oxygen atoms in total. The summed E-state index contributed by atoms with van der Waals surface area (Å²) < 4.78 is 6.12. The minimum Gasteiger partial charge on any atom is -0.461 e. The van der Waals surface area contributed by atoms with E-state index >= 15 is 0 Å². The van der Waals surface area contributed by atoms with Crippen LogP contribution in [0.4, 0.5) is 0 Å². The number of furan rings is 1. The molecule has 1 N–H and O–H groups in total. The Morgan fingerprint density at radius 1 is 1.21 bits per heavy atom. The number of carbonyl (C=O) groups excluding carboxylic acids is 1. The fourth-order valence-electron chi connectivity index (χ4n) is 1.74. The van der Waals surface area contributed by atoms with Gasteiger partial charge >= 0.3 is 0 Å². The molecular weight excluding hydrogens is 308 g/mol. The van der Waals surface area contributed by atoms with Crippen molar-refractivity contribution in [1.29, 1.82) is 0 Å². The van der Waals surface area contributed by atoms with E-state index < -0.39 is 0 Å². The summed E-state index contributed by atoms with van der Waals surface area (Å²) in [6.07, 6.45) is 3.27. The summed E-state index contributed by atoms with van der Waals surface area (Å²) in [6, 6.07) is 11.1. The quantitative estimate of drug-likeness (QED) is 0.866. The van der Waals surface area contributed by atoms with Crippen molar-refractivity contribution < 1.29 is 9.21 Å². The topological polar surface area (TPSA) is 54.6 Å². The first-order valence-corrected chi connectivity index (χ1v) is 6.43. The van der Waals surface area contributed by atoms with Gasteiger partial charge in [-0.1, -0.05) is 34.1 Å². The zero-order valence-corrected chi connectivity index (χ0v) is 11.3. The number of benzene rings is 1. The molecule has 1 aliphatic heterocycles. The zero-order chi connectivity index (χ0) is 13.2. The number of nitrogens with one attached hydrogen (secondary N) is 1. The molecule has 1 amide bonds. The molecule has 0 saturated heterocycles. The summed E-state index contributed by atoms with van der Waals surface area (Å²) in [5.41, 5.74) is 1.26. The number of hydrogen-bond donors (Lipinski definition) is 1. The van der Waals surface area contributed by atoms with E-state index in [4.69, 9.17) is 4.42 Å². The molecule has 0 saturated carbocycles. The maximum absolute atomic E-state index is 11.8. The van der Waals surface area contributed by atoms with Crippen LogP contribution in [0.15, 0.2) is 62.2 Å². The van der Waals surface area contributed by atoms with Crippen LogP contribution in [0.2, 0.25) is 0 Å². The average molecular weight is 317 g/mol. The van der Waals surface area contributed by atoms with Crippen molar-refractivity contribution in [3.05, 3.63) is 64.2 Å². The summed E-state index contributed by atoms with van der Waals surface area (Å²) in [4.78, 5) is 16.1. The number of carbonyl (C=O) groups is 1. The van der Waals surface area contributed by atoms with Crippen LogP contribution in [0.1, 0.15) is 11.3 Å². The molecular formula is C14H9BrN2O2. The third-order valence-electron chi connectivity index (χ3n) is 2.65. The number of nitrogens with zero attached hydrogens (tertiary/aromatic N) is 1. The van der Waals surface area contributed by atoms with Crippen LogP contribution in [0, 0.1) is 0 Å². The Bertz CT molecular complexity index is 687. The lowest BCUT2D eigenvalue weighted by atomic mass is 10.2. The molecule has 2 heterocycles. The fourth-order valence-corrected chi connectivity index (χ4v) is 2.14. The lowest BCUT2D eigenvalue weighted by Gasteiger charge is -1.97. The van der Waals surface area contributed by atoms with Gasteiger partial charge in [0.15, 0.2) is 11.6 Å². The summed E-state index contributed by atoms with van der Waals surface area (Å²) >= 11 is 3.43. The van der Waals surface area contributed by atoms with Crippen LogP contribution in [0.25, 0.3) is 6.08 Å². The summed E-state index contributed by atoms with van der Waals surface area (Å²) in [7, 11) is 0. The normalized spacial score (nSPS) is 16.6. The molecule has 0 bridgehead atoms. The van der Waals surface area contributed by atoms with Crippen LogP contribution in [-0.2, 0) is 4.79 Å². The highest BCUT2D eigenvalue weighted by atomic mass is 79.9. The highest BCUT2D eigenvalue weighted by Gasteiger charge is 2.22. The van der Waals surface area contributed by atoms with Gasteiger partial charge in [-0.15, -0.1) is 0 Å². The van der Waals surface area contributed by atoms with Crippen LogP contribution in [0.5, 0.6) is 0 Å². The Balaban J connectivity index is 1.98. The van der Waals surface area contributed by atoms with Crippen molar-refractivity contribution in [2.24, 2.45) is 4.99 Å². The third-order valence-corrected chi connectivity index (χ3v) is 3.37. The van der Waals surface area contributed by atoms with E-state index in [0.717, 1.165) is 10.0 Å². The van der Waals surface area contributed by atoms with Gasteiger partial charge in [0.25, 0.3) is 5.91 Å². The third kappa shape index (κ3) is 2.37. The van der Waals surface area contributed by atoms with E-state index in [-0.39, 0.29) is 5.91 Å². The van der Waals surface area contributed by atoms with Crippen molar-refractivity contribution in [1.82, 2.24) is 5.32 Å². The molecule has 0 atom stereocenters. The molecule has 1 aromatic heterocycles. The summed E-state index contributed by atoms with van der Waals surface area (Å²) in [5, 5.41) is 2.68. The number of halogens is 1. The number of amides is 1. The summed E-state index contributed by atoms with van der Waals surface area (Å²) in [5.74, 6) is 0.749. The van der Waals surface area contributed by atoms with Gasteiger partial charge in [0.2, 0.25) is 0 Å². The van der Waals surface area contributed by atoms with Gasteiger partial charge in [0.05, 0.1) is 6.26 Å². The molecule has 19 heavy (non-hydrogen) atoms. The van der Waals surface area contributed by atoms with Gasteiger partial charge in [-0.3, -0.25) is 4.79 Å². The first-order valence-electron chi connectivity index (χ1n) is 5.64. The van der Waals surface area contributed by atoms with Gasteiger partial charge in [0.1, 0.15) is 5.70 Å².